The Labute approximate surface area is 103 Å². The fraction of sp³-hybridized carbons (Fsp3) is 0.538. The van der Waals surface area contributed by atoms with Crippen molar-refractivity contribution in [3.63, 3.8) is 0 Å². The second kappa shape index (κ2) is 7.27. The number of rotatable bonds is 7. The second-order valence-corrected chi connectivity index (χ2v) is 4.28. The Morgan fingerprint density at radius 1 is 1.12 bits per heavy atom. The molecule has 0 saturated heterocycles. The van der Waals surface area contributed by atoms with Crippen LogP contribution in [-0.4, -0.2) is 42.6 Å². The summed E-state index contributed by atoms with van der Waals surface area (Å²) in [7, 11) is 0. The molecule has 0 aliphatic rings. The van der Waals surface area contributed by atoms with Gasteiger partial charge in [0, 0.05) is 24.8 Å². The van der Waals surface area contributed by atoms with E-state index in [-0.39, 0.29) is 19.3 Å². The van der Waals surface area contributed by atoms with Gasteiger partial charge in [-0.2, -0.15) is 0 Å². The summed E-state index contributed by atoms with van der Waals surface area (Å²) >= 11 is 0. The van der Waals surface area contributed by atoms with E-state index in [2.05, 4.69) is 0 Å². The number of aliphatic hydroxyl groups is 2. The lowest BCUT2D eigenvalue weighted by atomic mass is 10.1. The van der Waals surface area contributed by atoms with Crippen LogP contribution in [0.25, 0.3) is 0 Å². The van der Waals surface area contributed by atoms with Gasteiger partial charge in [-0.1, -0.05) is 12.1 Å². The van der Waals surface area contributed by atoms with Crippen molar-refractivity contribution in [2.45, 2.75) is 19.4 Å². The van der Waals surface area contributed by atoms with Crippen molar-refractivity contribution in [2.75, 3.05) is 31.2 Å². The molecule has 0 radical (unpaired) electrons. The lowest BCUT2D eigenvalue weighted by Crippen LogP contribution is -2.29. The average molecular weight is 238 g/mol. The molecule has 1 aromatic rings. The third kappa shape index (κ3) is 4.73. The van der Waals surface area contributed by atoms with E-state index in [0.717, 1.165) is 12.1 Å². The van der Waals surface area contributed by atoms with Crippen LogP contribution >= 0.6 is 0 Å². The van der Waals surface area contributed by atoms with Gasteiger partial charge >= 0.3 is 0 Å². The highest BCUT2D eigenvalue weighted by Gasteiger charge is 2.05. The van der Waals surface area contributed by atoms with Gasteiger partial charge in [-0.3, -0.25) is 0 Å². The van der Waals surface area contributed by atoms with E-state index in [9.17, 15) is 0 Å². The molecule has 96 valence electrons. The predicted molar refractivity (Wildman–Crippen MR) is 70.2 cm³/mol. The Bertz CT molecular complexity index is 306. The summed E-state index contributed by atoms with van der Waals surface area (Å²) in [5.41, 5.74) is 7.96. The Morgan fingerprint density at radius 3 is 2.06 bits per heavy atom. The van der Waals surface area contributed by atoms with Crippen LogP contribution in [0.2, 0.25) is 0 Å². The first-order valence-electron chi connectivity index (χ1n) is 5.98. The van der Waals surface area contributed by atoms with Gasteiger partial charge < -0.3 is 20.8 Å². The highest BCUT2D eigenvalue weighted by atomic mass is 16.3. The molecule has 0 saturated carbocycles. The second-order valence-electron chi connectivity index (χ2n) is 4.28. The van der Waals surface area contributed by atoms with Gasteiger partial charge in [-0.05, 0) is 31.0 Å². The van der Waals surface area contributed by atoms with Crippen molar-refractivity contribution in [3.05, 3.63) is 29.8 Å². The maximum absolute atomic E-state index is 8.96. The Kier molecular flexibility index (Phi) is 5.97. The number of hydrogen-bond acceptors (Lipinski definition) is 4. The lowest BCUT2D eigenvalue weighted by molar-refractivity contribution is 0.281. The molecule has 0 fully saturated rings. The Balaban J connectivity index is 2.69. The van der Waals surface area contributed by atoms with Crippen LogP contribution in [0.4, 0.5) is 5.69 Å². The van der Waals surface area contributed by atoms with Gasteiger partial charge in [0.2, 0.25) is 0 Å². The number of hydrogen-bond donors (Lipinski definition) is 3. The number of nitrogens with two attached hydrogens (primary N) is 1. The lowest BCUT2D eigenvalue weighted by Gasteiger charge is -2.23. The molecule has 1 atom stereocenters. The molecule has 0 spiro atoms. The number of benzene rings is 1. The quantitative estimate of drug-likeness (QED) is 0.642. The molecule has 4 nitrogen and oxygen atoms in total. The average Bonchev–Trinajstić information content (AvgIpc) is 2.29. The zero-order valence-electron chi connectivity index (χ0n) is 10.3. The fourth-order valence-corrected chi connectivity index (χ4v) is 1.83. The first-order chi connectivity index (χ1) is 8.17. The summed E-state index contributed by atoms with van der Waals surface area (Å²) in [5, 5.41) is 17.9. The van der Waals surface area contributed by atoms with E-state index in [4.69, 9.17) is 15.9 Å². The van der Waals surface area contributed by atoms with Crippen molar-refractivity contribution in [1.82, 2.24) is 0 Å². The van der Waals surface area contributed by atoms with Crippen LogP contribution < -0.4 is 10.6 Å². The summed E-state index contributed by atoms with van der Waals surface area (Å²) in [4.78, 5) is 1.95. The normalized spacial score (nSPS) is 12.5. The van der Waals surface area contributed by atoms with E-state index in [1.165, 1.54) is 5.56 Å². The van der Waals surface area contributed by atoms with Crippen molar-refractivity contribution in [3.8, 4) is 0 Å². The first kappa shape index (κ1) is 14.0. The molecule has 4 heteroatoms. The molecular weight excluding hydrogens is 216 g/mol. The highest BCUT2D eigenvalue weighted by Crippen LogP contribution is 2.15. The zero-order chi connectivity index (χ0) is 12.7. The molecule has 0 heterocycles. The minimum Gasteiger partial charge on any atom is -0.395 e. The largest absolute Gasteiger partial charge is 0.395 e. The summed E-state index contributed by atoms with van der Waals surface area (Å²) in [6.45, 7) is 3.22. The smallest absolute Gasteiger partial charge is 0.0606 e. The van der Waals surface area contributed by atoms with Gasteiger partial charge in [0.15, 0.2) is 0 Å². The van der Waals surface area contributed by atoms with E-state index in [0.29, 0.717) is 13.1 Å². The molecule has 1 rings (SSSR count). The minimum atomic E-state index is 0.0849. The monoisotopic (exact) mass is 238 g/mol. The summed E-state index contributed by atoms with van der Waals surface area (Å²) < 4.78 is 0. The van der Waals surface area contributed by atoms with Crippen molar-refractivity contribution >= 4 is 5.69 Å². The van der Waals surface area contributed by atoms with Gasteiger partial charge in [0.05, 0.1) is 13.2 Å². The van der Waals surface area contributed by atoms with Crippen LogP contribution in [0.5, 0.6) is 0 Å². The van der Waals surface area contributed by atoms with Crippen LogP contribution in [0.1, 0.15) is 12.5 Å². The maximum atomic E-state index is 8.96. The van der Waals surface area contributed by atoms with Gasteiger partial charge in [-0.15, -0.1) is 0 Å². The molecule has 0 amide bonds. The third-order valence-electron chi connectivity index (χ3n) is 2.60. The third-order valence-corrected chi connectivity index (χ3v) is 2.60. The summed E-state index contributed by atoms with van der Waals surface area (Å²) in [6, 6.07) is 8.25. The molecule has 0 bridgehead atoms. The minimum absolute atomic E-state index is 0.0849. The molecule has 0 aliphatic heterocycles. The van der Waals surface area contributed by atoms with Crippen LogP contribution in [-0.2, 0) is 6.42 Å². The van der Waals surface area contributed by atoms with E-state index < -0.39 is 0 Å². The highest BCUT2D eigenvalue weighted by molar-refractivity contribution is 5.47. The van der Waals surface area contributed by atoms with E-state index in [1.807, 2.05) is 36.1 Å². The molecule has 17 heavy (non-hydrogen) atoms. The SMILES string of the molecule is CC(N)Cc1ccc(N(CCO)CCO)cc1. The molecule has 1 unspecified atom stereocenters. The predicted octanol–water partition coefficient (Wildman–Crippen LogP) is 0.367. The first-order valence-corrected chi connectivity index (χ1v) is 5.98. The van der Waals surface area contributed by atoms with Crippen molar-refractivity contribution < 1.29 is 10.2 Å². The topological polar surface area (TPSA) is 69.7 Å². The standard InChI is InChI=1S/C13H22N2O2/c1-11(14)10-12-2-4-13(5-3-12)15(6-8-16)7-9-17/h2-5,11,16-17H,6-10,14H2,1H3. The van der Waals surface area contributed by atoms with Crippen molar-refractivity contribution in [2.24, 2.45) is 5.73 Å². The summed E-state index contributed by atoms with van der Waals surface area (Å²) in [5.74, 6) is 0. The molecule has 4 N–H and O–H groups in total. The van der Waals surface area contributed by atoms with Crippen LogP contribution in [0, 0.1) is 0 Å². The number of nitrogens with zero attached hydrogens (tertiary/aromatic N) is 1. The van der Waals surface area contributed by atoms with E-state index >= 15 is 0 Å². The molecule has 0 aromatic heterocycles. The zero-order valence-corrected chi connectivity index (χ0v) is 10.3. The van der Waals surface area contributed by atoms with Gasteiger partial charge in [0.1, 0.15) is 0 Å². The maximum Gasteiger partial charge on any atom is 0.0606 e. The fourth-order valence-electron chi connectivity index (χ4n) is 1.83. The number of anilines is 1. The molecule has 0 aliphatic carbocycles. The van der Waals surface area contributed by atoms with Crippen LogP contribution in [0.3, 0.4) is 0 Å². The molecule has 1 aromatic carbocycles. The van der Waals surface area contributed by atoms with Gasteiger partial charge in [0.25, 0.3) is 0 Å². The van der Waals surface area contributed by atoms with Crippen LogP contribution in [0.15, 0.2) is 24.3 Å². The van der Waals surface area contributed by atoms with E-state index in [1.54, 1.807) is 0 Å². The van der Waals surface area contributed by atoms with Gasteiger partial charge in [-0.25, -0.2) is 0 Å². The van der Waals surface area contributed by atoms with Crippen molar-refractivity contribution in [1.29, 1.82) is 0 Å². The molecular formula is C13H22N2O2. The number of aliphatic hydroxyl groups excluding tert-OH is 2. The Morgan fingerprint density at radius 2 is 1.65 bits per heavy atom. The summed E-state index contributed by atoms with van der Waals surface area (Å²) in [6.07, 6.45) is 0.861. The Hall–Kier alpha value is -1.10.